The van der Waals surface area contributed by atoms with Crippen molar-refractivity contribution >= 4 is 23.5 Å². The normalized spacial score (nSPS) is 18.5. The van der Waals surface area contributed by atoms with Gasteiger partial charge >= 0.3 is 12.1 Å². The van der Waals surface area contributed by atoms with Gasteiger partial charge in [-0.15, -0.1) is 0 Å². The van der Waals surface area contributed by atoms with Crippen LogP contribution in [-0.2, 0) is 20.5 Å². The number of nitrogens with zero attached hydrogens (tertiary/aromatic N) is 3. The number of amides is 2. The number of alkyl halides is 3. The lowest BCUT2D eigenvalue weighted by atomic mass is 9.96. The Kier molecular flexibility index (Phi) is 6.63. The van der Waals surface area contributed by atoms with E-state index in [0.29, 0.717) is 29.9 Å². The standard InChI is InChI=1S/C23H25F3N4O4/c1-2-34-22(33)18-12-27-30(19(18)23(24,25)26)17-9-7-16(8-10-17)28-20(31)15-4-3-11-29(13-15)21(32)14-5-6-14/h7-10,12,14-15H,2-6,11,13H2,1H3,(H,28,31). The summed E-state index contributed by atoms with van der Waals surface area (Å²) in [5, 5.41) is 6.51. The Morgan fingerprint density at radius 2 is 1.82 bits per heavy atom. The minimum absolute atomic E-state index is 0.0663. The van der Waals surface area contributed by atoms with E-state index in [1.165, 1.54) is 31.2 Å². The van der Waals surface area contributed by atoms with Gasteiger partial charge in [0.05, 0.1) is 24.4 Å². The van der Waals surface area contributed by atoms with Gasteiger partial charge in [0.15, 0.2) is 5.69 Å². The largest absolute Gasteiger partial charge is 0.462 e. The number of nitrogens with one attached hydrogen (secondary N) is 1. The number of carbonyl (C=O) groups is 3. The maximum absolute atomic E-state index is 13.7. The zero-order chi connectivity index (χ0) is 24.5. The van der Waals surface area contributed by atoms with E-state index in [-0.39, 0.29) is 35.9 Å². The van der Waals surface area contributed by atoms with Crippen molar-refractivity contribution in [2.24, 2.45) is 11.8 Å². The summed E-state index contributed by atoms with van der Waals surface area (Å²) in [4.78, 5) is 38.7. The van der Waals surface area contributed by atoms with Crippen LogP contribution >= 0.6 is 0 Å². The van der Waals surface area contributed by atoms with E-state index in [1.54, 1.807) is 4.90 Å². The third-order valence-electron chi connectivity index (χ3n) is 5.94. The number of likely N-dealkylation sites (tertiary alicyclic amines) is 1. The Labute approximate surface area is 194 Å². The van der Waals surface area contributed by atoms with Crippen LogP contribution in [0.25, 0.3) is 5.69 Å². The fourth-order valence-corrected chi connectivity index (χ4v) is 4.09. The summed E-state index contributed by atoms with van der Waals surface area (Å²) in [5.74, 6) is -1.47. The van der Waals surface area contributed by atoms with Crippen molar-refractivity contribution in [3.8, 4) is 5.69 Å². The maximum atomic E-state index is 13.7. The van der Waals surface area contributed by atoms with Crippen LogP contribution in [0.1, 0.15) is 48.7 Å². The van der Waals surface area contributed by atoms with Crippen LogP contribution in [0.3, 0.4) is 0 Å². The number of aromatic nitrogens is 2. The molecule has 1 aromatic heterocycles. The van der Waals surface area contributed by atoms with Gasteiger partial charge in [-0.2, -0.15) is 18.3 Å². The van der Waals surface area contributed by atoms with E-state index in [0.717, 1.165) is 25.5 Å². The Hall–Kier alpha value is -3.37. The fraction of sp³-hybridized carbons (Fsp3) is 0.478. The van der Waals surface area contributed by atoms with Crippen molar-refractivity contribution in [3.63, 3.8) is 0 Å². The van der Waals surface area contributed by atoms with Gasteiger partial charge in [-0.25, -0.2) is 9.48 Å². The lowest BCUT2D eigenvalue weighted by Crippen LogP contribution is -2.44. The zero-order valence-electron chi connectivity index (χ0n) is 18.6. The lowest BCUT2D eigenvalue weighted by molar-refractivity contribution is -0.143. The van der Waals surface area contributed by atoms with Crippen LogP contribution in [0.15, 0.2) is 30.5 Å². The summed E-state index contributed by atoms with van der Waals surface area (Å²) in [6, 6.07) is 5.68. The molecule has 2 aromatic rings. The van der Waals surface area contributed by atoms with E-state index in [1.807, 2.05) is 0 Å². The molecule has 1 saturated heterocycles. The second-order valence-corrected chi connectivity index (χ2v) is 8.47. The third-order valence-corrected chi connectivity index (χ3v) is 5.94. The van der Waals surface area contributed by atoms with Crippen LogP contribution in [0.4, 0.5) is 18.9 Å². The molecule has 0 radical (unpaired) electrons. The summed E-state index contributed by atoms with van der Waals surface area (Å²) >= 11 is 0. The number of benzene rings is 1. The second kappa shape index (κ2) is 9.47. The molecular formula is C23H25F3N4O4. The van der Waals surface area contributed by atoms with Gasteiger partial charge in [0.25, 0.3) is 0 Å². The average molecular weight is 478 g/mol. The average Bonchev–Trinajstić information content (AvgIpc) is 3.55. The van der Waals surface area contributed by atoms with Crippen LogP contribution < -0.4 is 5.32 Å². The van der Waals surface area contributed by atoms with E-state index < -0.39 is 23.4 Å². The molecule has 182 valence electrons. The number of hydrogen-bond donors (Lipinski definition) is 1. The number of halogens is 3. The molecule has 0 spiro atoms. The van der Waals surface area contributed by atoms with Crippen LogP contribution in [-0.4, -0.2) is 52.2 Å². The molecule has 4 rings (SSSR count). The monoisotopic (exact) mass is 478 g/mol. The molecule has 2 heterocycles. The SMILES string of the molecule is CCOC(=O)c1cnn(-c2ccc(NC(=O)C3CCCN(C(=O)C4CC4)C3)cc2)c1C(F)(F)F. The molecule has 2 fully saturated rings. The highest BCUT2D eigenvalue weighted by molar-refractivity contribution is 5.93. The topological polar surface area (TPSA) is 93.5 Å². The van der Waals surface area contributed by atoms with Crippen molar-refractivity contribution in [1.29, 1.82) is 0 Å². The number of hydrogen-bond acceptors (Lipinski definition) is 5. The lowest BCUT2D eigenvalue weighted by Gasteiger charge is -2.32. The third kappa shape index (κ3) is 5.07. The second-order valence-electron chi connectivity index (χ2n) is 8.47. The molecule has 0 bridgehead atoms. The first-order chi connectivity index (χ1) is 16.2. The number of carbonyl (C=O) groups excluding carboxylic acids is 3. The number of piperidine rings is 1. The molecule has 34 heavy (non-hydrogen) atoms. The van der Waals surface area contributed by atoms with Gasteiger partial charge in [-0.3, -0.25) is 9.59 Å². The smallest absolute Gasteiger partial charge is 0.434 e. The molecule has 1 saturated carbocycles. The first-order valence-corrected chi connectivity index (χ1v) is 11.2. The molecule has 2 amide bonds. The van der Waals surface area contributed by atoms with Gasteiger partial charge < -0.3 is 15.0 Å². The highest BCUT2D eigenvalue weighted by Gasteiger charge is 2.41. The molecule has 1 unspecified atom stereocenters. The van der Waals surface area contributed by atoms with Gasteiger partial charge in [-0.05, 0) is 56.9 Å². The van der Waals surface area contributed by atoms with Gasteiger partial charge in [0.2, 0.25) is 11.8 Å². The summed E-state index contributed by atoms with van der Waals surface area (Å²) < 4.78 is 46.4. The quantitative estimate of drug-likeness (QED) is 0.640. The van der Waals surface area contributed by atoms with Crippen molar-refractivity contribution in [2.75, 3.05) is 25.0 Å². The first-order valence-electron chi connectivity index (χ1n) is 11.2. The minimum atomic E-state index is -4.84. The van der Waals surface area contributed by atoms with Gasteiger partial charge in [0.1, 0.15) is 5.56 Å². The highest BCUT2D eigenvalue weighted by Crippen LogP contribution is 2.35. The molecular weight excluding hydrogens is 453 g/mol. The number of rotatable bonds is 6. The summed E-state index contributed by atoms with van der Waals surface area (Å²) in [5.41, 5.74) is -1.43. The van der Waals surface area contributed by atoms with Crippen molar-refractivity contribution in [3.05, 3.63) is 41.7 Å². The number of esters is 1. The minimum Gasteiger partial charge on any atom is -0.462 e. The van der Waals surface area contributed by atoms with Gasteiger partial charge in [0, 0.05) is 24.7 Å². The molecule has 1 atom stereocenters. The maximum Gasteiger partial charge on any atom is 0.434 e. The Balaban J connectivity index is 1.47. The highest BCUT2D eigenvalue weighted by atomic mass is 19.4. The predicted octanol–water partition coefficient (Wildman–Crippen LogP) is 3.65. The molecule has 1 aliphatic heterocycles. The van der Waals surface area contributed by atoms with Crippen molar-refractivity contribution < 1.29 is 32.3 Å². The van der Waals surface area contributed by atoms with Crippen LogP contribution in [0, 0.1) is 11.8 Å². The van der Waals surface area contributed by atoms with Gasteiger partial charge in [-0.1, -0.05) is 0 Å². The number of ether oxygens (including phenoxy) is 1. The zero-order valence-corrected chi connectivity index (χ0v) is 18.6. The van der Waals surface area contributed by atoms with E-state index >= 15 is 0 Å². The molecule has 11 heteroatoms. The number of anilines is 1. The first kappa shape index (κ1) is 23.8. The van der Waals surface area contributed by atoms with Crippen molar-refractivity contribution in [1.82, 2.24) is 14.7 Å². The summed E-state index contributed by atoms with van der Waals surface area (Å²) in [6.07, 6.45) is -0.780. The Morgan fingerprint density at radius 1 is 1.12 bits per heavy atom. The molecule has 1 aromatic carbocycles. The molecule has 1 aliphatic carbocycles. The van der Waals surface area contributed by atoms with Crippen molar-refractivity contribution in [2.45, 2.75) is 38.8 Å². The van der Waals surface area contributed by atoms with Crippen LogP contribution in [0.5, 0.6) is 0 Å². The molecule has 2 aliphatic rings. The van der Waals surface area contributed by atoms with E-state index in [2.05, 4.69) is 10.4 Å². The fourth-order valence-electron chi connectivity index (χ4n) is 4.09. The Morgan fingerprint density at radius 3 is 2.44 bits per heavy atom. The summed E-state index contributed by atoms with van der Waals surface area (Å²) in [7, 11) is 0. The molecule has 1 N–H and O–H groups in total. The Bertz CT molecular complexity index is 1080. The van der Waals surface area contributed by atoms with E-state index in [9.17, 15) is 27.6 Å². The summed E-state index contributed by atoms with van der Waals surface area (Å²) in [6.45, 7) is 2.47. The molecule has 8 nitrogen and oxygen atoms in total. The predicted molar refractivity (Wildman–Crippen MR) is 115 cm³/mol. The van der Waals surface area contributed by atoms with E-state index in [4.69, 9.17) is 4.74 Å². The van der Waals surface area contributed by atoms with Crippen LogP contribution in [0.2, 0.25) is 0 Å².